The van der Waals surface area contributed by atoms with Crippen molar-refractivity contribution < 1.29 is 4.79 Å². The van der Waals surface area contributed by atoms with Crippen LogP contribution in [-0.4, -0.2) is 16.6 Å². The number of thiazole rings is 1. The van der Waals surface area contributed by atoms with Crippen molar-refractivity contribution in [3.05, 3.63) is 63.9 Å². The molecule has 0 saturated carbocycles. The molecular formula is C19H17BrN2OS2. The average molecular weight is 433 g/mol. The van der Waals surface area contributed by atoms with Gasteiger partial charge in [0.25, 0.3) is 0 Å². The van der Waals surface area contributed by atoms with Gasteiger partial charge in [-0.15, -0.1) is 11.3 Å². The normalized spacial score (nSPS) is 10.6. The van der Waals surface area contributed by atoms with Crippen LogP contribution in [0.25, 0.3) is 11.3 Å². The van der Waals surface area contributed by atoms with Crippen LogP contribution in [0.5, 0.6) is 0 Å². The highest BCUT2D eigenvalue weighted by molar-refractivity contribution is 9.10. The summed E-state index contributed by atoms with van der Waals surface area (Å²) < 4.78 is 1.94. The standard InChI is InChI=1S/C19H17BrN2OS2/c1-2-13-4-3-5-16(10-13)21-18(23)12-25-19-22-17(11-24-19)14-6-8-15(20)9-7-14/h3-11H,2,12H2,1H3,(H,21,23). The molecular weight excluding hydrogens is 416 g/mol. The molecule has 1 aromatic heterocycles. The number of hydrogen-bond donors (Lipinski definition) is 1. The van der Waals surface area contributed by atoms with Crippen LogP contribution in [0.2, 0.25) is 0 Å². The molecule has 2 aromatic carbocycles. The third kappa shape index (κ3) is 5.17. The molecule has 0 aliphatic carbocycles. The molecule has 6 heteroatoms. The average Bonchev–Trinajstić information content (AvgIpc) is 3.10. The number of amides is 1. The number of hydrogen-bond acceptors (Lipinski definition) is 4. The van der Waals surface area contributed by atoms with Crippen LogP contribution < -0.4 is 5.32 Å². The third-order valence-corrected chi connectivity index (χ3v) is 6.12. The number of nitrogens with one attached hydrogen (secondary N) is 1. The van der Waals surface area contributed by atoms with Gasteiger partial charge < -0.3 is 5.32 Å². The zero-order chi connectivity index (χ0) is 17.6. The fourth-order valence-corrected chi connectivity index (χ4v) is 4.17. The lowest BCUT2D eigenvalue weighted by atomic mass is 10.1. The maximum absolute atomic E-state index is 12.1. The van der Waals surface area contributed by atoms with Crippen molar-refractivity contribution in [3.8, 4) is 11.3 Å². The first-order valence-corrected chi connectivity index (χ1v) is 10.5. The van der Waals surface area contributed by atoms with E-state index in [1.165, 1.54) is 17.3 Å². The minimum Gasteiger partial charge on any atom is -0.325 e. The van der Waals surface area contributed by atoms with Gasteiger partial charge in [0.1, 0.15) is 0 Å². The van der Waals surface area contributed by atoms with E-state index in [1.807, 2.05) is 47.8 Å². The van der Waals surface area contributed by atoms with Gasteiger partial charge >= 0.3 is 0 Å². The Kier molecular flexibility index (Phi) is 6.29. The SMILES string of the molecule is CCc1cccc(NC(=O)CSc2nc(-c3ccc(Br)cc3)cs2)c1. The van der Waals surface area contributed by atoms with Crippen LogP contribution in [0.1, 0.15) is 12.5 Å². The van der Waals surface area contributed by atoms with E-state index >= 15 is 0 Å². The predicted molar refractivity (Wildman–Crippen MR) is 110 cm³/mol. The van der Waals surface area contributed by atoms with Crippen molar-refractivity contribution in [2.24, 2.45) is 0 Å². The lowest BCUT2D eigenvalue weighted by Gasteiger charge is -2.05. The summed E-state index contributed by atoms with van der Waals surface area (Å²) in [6, 6.07) is 16.0. The van der Waals surface area contributed by atoms with Crippen LogP contribution in [0, 0.1) is 0 Å². The molecule has 25 heavy (non-hydrogen) atoms. The highest BCUT2D eigenvalue weighted by atomic mass is 79.9. The summed E-state index contributed by atoms with van der Waals surface area (Å²) in [4.78, 5) is 16.7. The molecule has 0 bridgehead atoms. The molecule has 3 rings (SSSR count). The molecule has 0 atom stereocenters. The number of rotatable bonds is 6. The van der Waals surface area contributed by atoms with E-state index in [0.717, 1.165) is 32.2 Å². The van der Waals surface area contributed by atoms with Crippen molar-refractivity contribution in [2.45, 2.75) is 17.7 Å². The smallest absolute Gasteiger partial charge is 0.234 e. The minimum atomic E-state index is -0.0151. The van der Waals surface area contributed by atoms with Crippen molar-refractivity contribution >= 4 is 50.6 Å². The Morgan fingerprint density at radius 1 is 1.24 bits per heavy atom. The Bertz CT molecular complexity index is 862. The molecule has 0 fully saturated rings. The van der Waals surface area contributed by atoms with E-state index in [-0.39, 0.29) is 5.91 Å². The largest absolute Gasteiger partial charge is 0.325 e. The maximum atomic E-state index is 12.1. The minimum absolute atomic E-state index is 0.0151. The maximum Gasteiger partial charge on any atom is 0.234 e. The van der Waals surface area contributed by atoms with Crippen LogP contribution in [0.15, 0.2) is 62.7 Å². The van der Waals surface area contributed by atoms with Crippen molar-refractivity contribution in [3.63, 3.8) is 0 Å². The van der Waals surface area contributed by atoms with Gasteiger partial charge in [0.05, 0.1) is 11.4 Å². The number of thioether (sulfide) groups is 1. The van der Waals surface area contributed by atoms with E-state index in [0.29, 0.717) is 5.75 Å². The number of benzene rings is 2. The first-order valence-electron chi connectivity index (χ1n) is 7.87. The van der Waals surface area contributed by atoms with Gasteiger partial charge in [0.2, 0.25) is 5.91 Å². The van der Waals surface area contributed by atoms with Crippen LogP contribution in [-0.2, 0) is 11.2 Å². The second-order valence-corrected chi connectivity index (χ2v) is 8.39. The van der Waals surface area contributed by atoms with Crippen LogP contribution in [0.4, 0.5) is 5.69 Å². The van der Waals surface area contributed by atoms with Gasteiger partial charge in [0, 0.05) is 21.1 Å². The predicted octanol–water partition coefficient (Wildman–Crippen LogP) is 5.87. The second kappa shape index (κ2) is 8.65. The van der Waals surface area contributed by atoms with Gasteiger partial charge in [0.15, 0.2) is 4.34 Å². The van der Waals surface area contributed by atoms with Gasteiger partial charge in [-0.05, 0) is 36.2 Å². The van der Waals surface area contributed by atoms with Gasteiger partial charge in [-0.1, -0.05) is 58.9 Å². The topological polar surface area (TPSA) is 42.0 Å². The summed E-state index contributed by atoms with van der Waals surface area (Å²) in [5.41, 5.74) is 4.08. The Balaban J connectivity index is 1.56. The number of nitrogens with zero attached hydrogens (tertiary/aromatic N) is 1. The Morgan fingerprint density at radius 2 is 2.04 bits per heavy atom. The molecule has 3 aromatic rings. The Morgan fingerprint density at radius 3 is 2.80 bits per heavy atom. The highest BCUT2D eigenvalue weighted by Crippen LogP contribution is 2.29. The van der Waals surface area contributed by atoms with Gasteiger partial charge in [-0.25, -0.2) is 4.98 Å². The quantitative estimate of drug-likeness (QED) is 0.495. The lowest BCUT2D eigenvalue weighted by Crippen LogP contribution is -2.14. The van der Waals surface area contributed by atoms with Crippen molar-refractivity contribution in [1.29, 1.82) is 0 Å². The molecule has 0 unspecified atom stereocenters. The number of carbonyl (C=O) groups excluding carboxylic acids is 1. The number of aryl methyl sites for hydroxylation is 1. The fraction of sp³-hybridized carbons (Fsp3) is 0.158. The summed E-state index contributed by atoms with van der Waals surface area (Å²) in [7, 11) is 0. The summed E-state index contributed by atoms with van der Waals surface area (Å²) in [6.45, 7) is 2.10. The molecule has 0 aliphatic heterocycles. The lowest BCUT2D eigenvalue weighted by molar-refractivity contribution is -0.113. The number of carbonyl (C=O) groups is 1. The first-order chi connectivity index (χ1) is 12.1. The van der Waals surface area contributed by atoms with Crippen LogP contribution in [0.3, 0.4) is 0 Å². The second-order valence-electron chi connectivity index (χ2n) is 5.40. The number of aromatic nitrogens is 1. The molecule has 0 aliphatic rings. The molecule has 3 nitrogen and oxygen atoms in total. The molecule has 0 radical (unpaired) electrons. The molecule has 0 saturated heterocycles. The Labute approximate surface area is 164 Å². The Hall–Kier alpha value is -1.63. The molecule has 1 N–H and O–H groups in total. The molecule has 0 spiro atoms. The van der Waals surface area contributed by atoms with Gasteiger partial charge in [-0.3, -0.25) is 4.79 Å². The summed E-state index contributed by atoms with van der Waals surface area (Å²) in [5.74, 6) is 0.336. The van der Waals surface area contributed by atoms with Crippen molar-refractivity contribution in [1.82, 2.24) is 4.98 Å². The first kappa shape index (κ1) is 18.2. The molecule has 128 valence electrons. The van der Waals surface area contributed by atoms with E-state index < -0.39 is 0 Å². The van der Waals surface area contributed by atoms with E-state index in [9.17, 15) is 4.79 Å². The zero-order valence-corrected chi connectivity index (χ0v) is 16.9. The fourth-order valence-electron chi connectivity index (χ4n) is 2.27. The van der Waals surface area contributed by atoms with Crippen molar-refractivity contribution in [2.75, 3.05) is 11.1 Å². The third-order valence-electron chi connectivity index (χ3n) is 3.57. The monoisotopic (exact) mass is 432 g/mol. The van der Waals surface area contributed by atoms with Gasteiger partial charge in [-0.2, -0.15) is 0 Å². The molecule has 1 heterocycles. The summed E-state index contributed by atoms with van der Waals surface area (Å²) >= 11 is 6.46. The number of anilines is 1. The summed E-state index contributed by atoms with van der Waals surface area (Å²) in [5, 5.41) is 4.97. The summed E-state index contributed by atoms with van der Waals surface area (Å²) in [6.07, 6.45) is 0.955. The van der Waals surface area contributed by atoms with Crippen LogP contribution >= 0.6 is 39.0 Å². The highest BCUT2D eigenvalue weighted by Gasteiger charge is 2.09. The van der Waals surface area contributed by atoms with E-state index in [1.54, 1.807) is 11.3 Å². The number of halogens is 1. The zero-order valence-electron chi connectivity index (χ0n) is 13.7. The van der Waals surface area contributed by atoms with E-state index in [2.05, 4.69) is 39.2 Å². The molecule has 1 amide bonds. The van der Waals surface area contributed by atoms with E-state index in [4.69, 9.17) is 0 Å².